The predicted molar refractivity (Wildman–Crippen MR) is 67.1 cm³/mol. The maximum atomic E-state index is 12.1. The number of carbonyl (C=O) groups is 2. The zero-order chi connectivity index (χ0) is 13.1. The fourth-order valence-corrected chi connectivity index (χ4v) is 3.06. The second-order valence-electron chi connectivity index (χ2n) is 5.43. The summed E-state index contributed by atoms with van der Waals surface area (Å²) in [6, 6.07) is -0.00290. The molecule has 0 aliphatic carbocycles. The summed E-state index contributed by atoms with van der Waals surface area (Å²) in [5.41, 5.74) is 0. The molecule has 1 amide bonds. The third kappa shape index (κ3) is 2.83. The van der Waals surface area contributed by atoms with Crippen LogP contribution in [0.1, 0.15) is 45.4 Å². The normalized spacial score (nSPS) is 31.3. The highest BCUT2D eigenvalue weighted by atomic mass is 16.4. The van der Waals surface area contributed by atoms with Crippen LogP contribution in [-0.4, -0.2) is 35.1 Å². The average molecular weight is 254 g/mol. The van der Waals surface area contributed by atoms with Gasteiger partial charge in [0, 0.05) is 12.1 Å². The maximum Gasteiger partial charge on any atom is 0.326 e. The number of nitrogens with one attached hydrogen (secondary N) is 2. The first-order valence-electron chi connectivity index (χ1n) is 6.91. The van der Waals surface area contributed by atoms with Gasteiger partial charge in [0.25, 0.3) is 0 Å². The Bertz CT molecular complexity index is 332. The summed E-state index contributed by atoms with van der Waals surface area (Å²) in [5.74, 6) is -1.04. The quantitative estimate of drug-likeness (QED) is 0.657. The second kappa shape index (κ2) is 5.69. The predicted octanol–water partition coefficient (Wildman–Crippen LogP) is 0.886. The Morgan fingerprint density at radius 1 is 1.44 bits per heavy atom. The van der Waals surface area contributed by atoms with Crippen molar-refractivity contribution in [2.75, 3.05) is 0 Å². The van der Waals surface area contributed by atoms with E-state index in [-0.39, 0.29) is 17.9 Å². The molecule has 18 heavy (non-hydrogen) atoms. The number of carbonyl (C=O) groups excluding carboxylic acids is 1. The van der Waals surface area contributed by atoms with Gasteiger partial charge < -0.3 is 15.7 Å². The van der Waals surface area contributed by atoms with Crippen LogP contribution in [0, 0.1) is 5.92 Å². The van der Waals surface area contributed by atoms with Gasteiger partial charge in [0.1, 0.15) is 6.04 Å². The Morgan fingerprint density at radius 2 is 2.22 bits per heavy atom. The van der Waals surface area contributed by atoms with E-state index in [4.69, 9.17) is 5.11 Å². The minimum Gasteiger partial charge on any atom is -0.480 e. The molecule has 2 saturated heterocycles. The molecule has 2 fully saturated rings. The third-order valence-corrected chi connectivity index (χ3v) is 4.10. The number of carboxylic acid groups (broad SMARTS) is 1. The summed E-state index contributed by atoms with van der Waals surface area (Å²) in [5, 5.41) is 15.2. The SMILES string of the molecule is CCCC[C@H](NC(=O)C1CC2CCC1N2)C(=O)O. The van der Waals surface area contributed by atoms with Gasteiger partial charge in [-0.2, -0.15) is 0 Å². The fraction of sp³-hybridized carbons (Fsp3) is 0.846. The maximum absolute atomic E-state index is 12.1. The van der Waals surface area contributed by atoms with Crippen LogP contribution in [0.2, 0.25) is 0 Å². The summed E-state index contributed by atoms with van der Waals surface area (Å²) >= 11 is 0. The van der Waals surface area contributed by atoms with E-state index in [1.165, 1.54) is 0 Å². The monoisotopic (exact) mass is 254 g/mol. The largest absolute Gasteiger partial charge is 0.480 e. The number of hydrogen-bond acceptors (Lipinski definition) is 3. The summed E-state index contributed by atoms with van der Waals surface area (Å²) in [4.78, 5) is 23.2. The standard InChI is InChI=1S/C13H22N2O3/c1-2-3-4-11(13(17)18)15-12(16)9-7-8-5-6-10(9)14-8/h8-11,14H,2-7H2,1H3,(H,15,16)(H,17,18)/t8?,9?,10?,11-/m0/s1. The van der Waals surface area contributed by atoms with Crippen LogP contribution in [0.5, 0.6) is 0 Å². The van der Waals surface area contributed by atoms with E-state index < -0.39 is 12.0 Å². The molecule has 0 aromatic carbocycles. The van der Waals surface area contributed by atoms with Crippen molar-refractivity contribution in [3.05, 3.63) is 0 Å². The molecular weight excluding hydrogens is 232 g/mol. The molecule has 4 atom stereocenters. The molecule has 5 nitrogen and oxygen atoms in total. The molecule has 0 aromatic heterocycles. The number of rotatable bonds is 6. The van der Waals surface area contributed by atoms with E-state index in [1.807, 2.05) is 6.92 Å². The lowest BCUT2D eigenvalue weighted by molar-refractivity contribution is -0.142. The van der Waals surface area contributed by atoms with Crippen molar-refractivity contribution in [3.63, 3.8) is 0 Å². The van der Waals surface area contributed by atoms with Gasteiger partial charge in [-0.3, -0.25) is 4.79 Å². The first kappa shape index (κ1) is 13.3. The molecule has 2 aliphatic rings. The van der Waals surface area contributed by atoms with Gasteiger partial charge in [0.05, 0.1) is 5.92 Å². The number of carboxylic acids is 1. The molecule has 2 aliphatic heterocycles. The fourth-order valence-electron chi connectivity index (χ4n) is 3.06. The van der Waals surface area contributed by atoms with Crippen molar-refractivity contribution in [1.29, 1.82) is 0 Å². The Morgan fingerprint density at radius 3 is 2.72 bits per heavy atom. The lowest BCUT2D eigenvalue weighted by atomic mass is 9.88. The molecular formula is C13H22N2O3. The van der Waals surface area contributed by atoms with Crippen LogP contribution < -0.4 is 10.6 Å². The molecule has 3 N–H and O–H groups in total. The lowest BCUT2D eigenvalue weighted by Gasteiger charge is -2.22. The number of unbranched alkanes of at least 4 members (excludes halogenated alkanes) is 1. The van der Waals surface area contributed by atoms with Crippen molar-refractivity contribution in [3.8, 4) is 0 Å². The van der Waals surface area contributed by atoms with E-state index in [0.717, 1.165) is 32.1 Å². The van der Waals surface area contributed by atoms with Gasteiger partial charge in [-0.05, 0) is 25.7 Å². The second-order valence-corrected chi connectivity index (χ2v) is 5.43. The molecule has 0 saturated carbocycles. The Hall–Kier alpha value is -1.10. The van der Waals surface area contributed by atoms with Gasteiger partial charge in [-0.25, -0.2) is 4.79 Å². The summed E-state index contributed by atoms with van der Waals surface area (Å²) in [6.07, 6.45) is 5.33. The zero-order valence-electron chi connectivity index (χ0n) is 10.8. The van der Waals surface area contributed by atoms with Crippen molar-refractivity contribution < 1.29 is 14.7 Å². The molecule has 0 radical (unpaired) electrons. The average Bonchev–Trinajstić information content (AvgIpc) is 2.95. The number of amides is 1. The van der Waals surface area contributed by atoms with Crippen molar-refractivity contribution in [1.82, 2.24) is 10.6 Å². The van der Waals surface area contributed by atoms with Crippen LogP contribution in [0.15, 0.2) is 0 Å². The van der Waals surface area contributed by atoms with Crippen LogP contribution in [0.4, 0.5) is 0 Å². The van der Waals surface area contributed by atoms with E-state index in [9.17, 15) is 9.59 Å². The van der Waals surface area contributed by atoms with Crippen LogP contribution in [-0.2, 0) is 9.59 Å². The molecule has 2 bridgehead atoms. The van der Waals surface area contributed by atoms with E-state index >= 15 is 0 Å². The molecule has 3 unspecified atom stereocenters. The summed E-state index contributed by atoms with van der Waals surface area (Å²) < 4.78 is 0. The van der Waals surface area contributed by atoms with E-state index in [0.29, 0.717) is 12.5 Å². The Labute approximate surface area is 107 Å². The van der Waals surface area contributed by atoms with Gasteiger partial charge >= 0.3 is 5.97 Å². The van der Waals surface area contributed by atoms with E-state index in [2.05, 4.69) is 10.6 Å². The highest BCUT2D eigenvalue weighted by Crippen LogP contribution is 2.33. The van der Waals surface area contributed by atoms with Gasteiger partial charge in [-0.1, -0.05) is 19.8 Å². The van der Waals surface area contributed by atoms with Gasteiger partial charge in [-0.15, -0.1) is 0 Å². The smallest absolute Gasteiger partial charge is 0.326 e. The minimum absolute atomic E-state index is 0.0350. The number of aliphatic carboxylic acids is 1. The van der Waals surface area contributed by atoms with Crippen LogP contribution in [0.3, 0.4) is 0 Å². The van der Waals surface area contributed by atoms with E-state index in [1.54, 1.807) is 0 Å². The highest BCUT2D eigenvalue weighted by Gasteiger charge is 2.43. The third-order valence-electron chi connectivity index (χ3n) is 4.10. The molecule has 5 heteroatoms. The van der Waals surface area contributed by atoms with Crippen molar-refractivity contribution in [2.45, 2.75) is 63.6 Å². The first-order valence-corrected chi connectivity index (χ1v) is 6.91. The Kier molecular flexibility index (Phi) is 4.22. The van der Waals surface area contributed by atoms with Crippen LogP contribution in [0.25, 0.3) is 0 Å². The molecule has 2 rings (SSSR count). The lowest BCUT2D eigenvalue weighted by Crippen LogP contribution is -2.46. The molecule has 102 valence electrons. The van der Waals surface area contributed by atoms with Crippen molar-refractivity contribution >= 4 is 11.9 Å². The zero-order valence-corrected chi connectivity index (χ0v) is 10.8. The number of hydrogen-bond donors (Lipinski definition) is 3. The number of fused-ring (bicyclic) bond motifs is 2. The first-order chi connectivity index (χ1) is 8.61. The molecule has 0 aromatic rings. The minimum atomic E-state index is -0.923. The molecule has 2 heterocycles. The topological polar surface area (TPSA) is 78.4 Å². The van der Waals surface area contributed by atoms with Gasteiger partial charge in [0.2, 0.25) is 5.91 Å². The van der Waals surface area contributed by atoms with Crippen LogP contribution >= 0.6 is 0 Å². The summed E-state index contributed by atoms with van der Waals surface area (Å²) in [6.45, 7) is 2.01. The van der Waals surface area contributed by atoms with Gasteiger partial charge in [0.15, 0.2) is 0 Å². The Balaban J connectivity index is 1.86. The highest BCUT2D eigenvalue weighted by molar-refractivity contribution is 5.85. The van der Waals surface area contributed by atoms with Crippen molar-refractivity contribution in [2.24, 2.45) is 5.92 Å². The molecule has 0 spiro atoms. The summed E-state index contributed by atoms with van der Waals surface area (Å²) in [7, 11) is 0.